The highest BCUT2D eigenvalue weighted by Gasteiger charge is 2.30. The van der Waals surface area contributed by atoms with Crippen LogP contribution in [0.3, 0.4) is 0 Å². The van der Waals surface area contributed by atoms with Crippen molar-refractivity contribution in [2.75, 3.05) is 12.4 Å². The fourth-order valence-electron chi connectivity index (χ4n) is 4.17. The van der Waals surface area contributed by atoms with Crippen LogP contribution in [0.15, 0.2) is 69.0 Å². The number of rotatable bonds is 5. The van der Waals surface area contributed by atoms with Gasteiger partial charge in [-0.3, -0.25) is 18.7 Å². The second-order valence-corrected chi connectivity index (χ2v) is 8.32. The topological polar surface area (TPSA) is 87.3 Å². The molecule has 8 nitrogen and oxygen atoms in total. The van der Waals surface area contributed by atoms with Crippen LogP contribution in [0.5, 0.6) is 5.75 Å². The molecular weight excluding hydrogens is 420 g/mol. The number of hydrogen-bond donors (Lipinski definition) is 1. The lowest BCUT2D eigenvalue weighted by atomic mass is 10.1. The van der Waals surface area contributed by atoms with Crippen LogP contribution in [-0.2, 0) is 7.05 Å². The zero-order valence-electron chi connectivity index (χ0n) is 18.7. The molecule has 1 fully saturated rings. The highest BCUT2D eigenvalue weighted by Crippen LogP contribution is 2.33. The molecule has 1 aliphatic rings. The summed E-state index contributed by atoms with van der Waals surface area (Å²) < 4.78 is 9.42. The molecule has 1 N–H and O–H groups in total. The van der Waals surface area contributed by atoms with Gasteiger partial charge < -0.3 is 10.1 Å². The third-order valence-electron chi connectivity index (χ3n) is 6.08. The molecule has 0 spiro atoms. The van der Waals surface area contributed by atoms with E-state index in [2.05, 4.69) is 5.32 Å². The maximum absolute atomic E-state index is 13.6. The Balaban J connectivity index is 1.87. The Kier molecular flexibility index (Phi) is 4.92. The van der Waals surface area contributed by atoms with Gasteiger partial charge in [0.25, 0.3) is 11.1 Å². The van der Waals surface area contributed by atoms with Crippen LogP contribution in [-0.4, -0.2) is 20.8 Å². The van der Waals surface area contributed by atoms with Crippen LogP contribution in [0.4, 0.5) is 11.4 Å². The summed E-state index contributed by atoms with van der Waals surface area (Å²) in [5.74, 6) is 0.709. The number of ether oxygens (including phenoxy) is 1. The van der Waals surface area contributed by atoms with E-state index < -0.39 is 11.2 Å². The second-order valence-electron chi connectivity index (χ2n) is 8.32. The van der Waals surface area contributed by atoms with E-state index in [0.717, 1.165) is 24.1 Å². The molecule has 0 atom stereocenters. The van der Waals surface area contributed by atoms with E-state index in [0.29, 0.717) is 22.5 Å². The van der Waals surface area contributed by atoms with Gasteiger partial charge in [0.05, 0.1) is 18.5 Å². The first-order chi connectivity index (χ1) is 15.9. The van der Waals surface area contributed by atoms with Crippen molar-refractivity contribution in [1.29, 1.82) is 0 Å². The van der Waals surface area contributed by atoms with Gasteiger partial charge in [-0.05, 0) is 55.7 Å². The Morgan fingerprint density at radius 1 is 0.970 bits per heavy atom. The average molecular weight is 444 g/mol. The number of nitrogens with zero attached hydrogens (tertiary/aromatic N) is 3. The molecule has 5 rings (SSSR count). The summed E-state index contributed by atoms with van der Waals surface area (Å²) in [7, 11) is 3.17. The van der Waals surface area contributed by atoms with Gasteiger partial charge in [-0.25, -0.2) is 9.36 Å². The molecule has 8 heteroatoms. The summed E-state index contributed by atoms with van der Waals surface area (Å²) in [6.07, 6.45) is 1.56. The molecule has 33 heavy (non-hydrogen) atoms. The predicted molar refractivity (Wildman–Crippen MR) is 128 cm³/mol. The number of anilines is 2. The number of nitrogens with one attached hydrogen (secondary N) is 1. The van der Waals surface area contributed by atoms with Gasteiger partial charge in [0.2, 0.25) is 0 Å². The van der Waals surface area contributed by atoms with E-state index in [1.165, 1.54) is 19.8 Å². The van der Waals surface area contributed by atoms with E-state index in [4.69, 9.17) is 4.74 Å². The van der Waals surface area contributed by atoms with Crippen molar-refractivity contribution in [2.45, 2.75) is 25.8 Å². The number of methoxy groups -OCH3 is 1. The lowest BCUT2D eigenvalue weighted by Gasteiger charge is -2.19. The molecular formula is C25H24N4O4. The SMILES string of the molecule is COc1ccc(Nc2cc(=O)n(C)c3c2c(=O)n(C2CC2)c(=O)n3-c2ccccc2)c(C)c1. The lowest BCUT2D eigenvalue weighted by Crippen LogP contribution is -2.41. The molecule has 0 aliphatic heterocycles. The van der Waals surface area contributed by atoms with E-state index in [9.17, 15) is 14.4 Å². The zero-order chi connectivity index (χ0) is 23.3. The molecule has 4 aromatic rings. The first kappa shape index (κ1) is 20.8. The number of aryl methyl sites for hydroxylation is 2. The van der Waals surface area contributed by atoms with Crippen molar-refractivity contribution in [3.63, 3.8) is 0 Å². The minimum atomic E-state index is -0.436. The Labute approximate surface area is 189 Å². The minimum absolute atomic E-state index is 0.128. The fourth-order valence-corrected chi connectivity index (χ4v) is 4.17. The third kappa shape index (κ3) is 3.44. The quantitative estimate of drug-likeness (QED) is 0.511. The number of aromatic nitrogens is 3. The van der Waals surface area contributed by atoms with E-state index >= 15 is 0 Å². The van der Waals surface area contributed by atoms with Crippen LogP contribution in [0.1, 0.15) is 24.4 Å². The Hall–Kier alpha value is -4.07. The monoisotopic (exact) mass is 444 g/mol. The molecule has 1 saturated carbocycles. The number of fused-ring (bicyclic) bond motifs is 1. The van der Waals surface area contributed by atoms with E-state index in [-0.39, 0.29) is 17.2 Å². The van der Waals surface area contributed by atoms with Crippen LogP contribution in [0.2, 0.25) is 0 Å². The van der Waals surface area contributed by atoms with Gasteiger partial charge >= 0.3 is 5.69 Å². The maximum Gasteiger partial charge on any atom is 0.337 e. The van der Waals surface area contributed by atoms with Crippen molar-refractivity contribution in [1.82, 2.24) is 13.7 Å². The van der Waals surface area contributed by atoms with Gasteiger partial charge in [0, 0.05) is 24.8 Å². The van der Waals surface area contributed by atoms with Crippen LogP contribution >= 0.6 is 0 Å². The number of benzene rings is 2. The molecule has 2 aromatic carbocycles. The van der Waals surface area contributed by atoms with Crippen molar-refractivity contribution in [3.8, 4) is 11.4 Å². The Morgan fingerprint density at radius 3 is 2.33 bits per heavy atom. The number of hydrogen-bond acceptors (Lipinski definition) is 5. The van der Waals surface area contributed by atoms with Crippen LogP contribution in [0, 0.1) is 6.92 Å². The number of pyridine rings is 1. The predicted octanol–water partition coefficient (Wildman–Crippen LogP) is 3.25. The first-order valence-electron chi connectivity index (χ1n) is 10.8. The molecule has 0 unspecified atom stereocenters. The summed E-state index contributed by atoms with van der Waals surface area (Å²) >= 11 is 0. The number of para-hydroxylation sites is 1. The first-order valence-corrected chi connectivity index (χ1v) is 10.8. The minimum Gasteiger partial charge on any atom is -0.497 e. The zero-order valence-corrected chi connectivity index (χ0v) is 18.7. The molecule has 0 bridgehead atoms. The largest absolute Gasteiger partial charge is 0.497 e. The fraction of sp³-hybridized carbons (Fsp3) is 0.240. The van der Waals surface area contributed by atoms with Crippen molar-refractivity contribution in [3.05, 3.63) is 91.4 Å². The summed E-state index contributed by atoms with van der Waals surface area (Å²) in [6.45, 7) is 1.91. The van der Waals surface area contributed by atoms with Gasteiger partial charge in [0.1, 0.15) is 16.8 Å². The standard InChI is InChI=1S/C25H24N4O4/c1-15-13-18(33-3)11-12-19(15)26-20-14-21(30)27(2)23-22(20)24(31)29(17-9-10-17)25(32)28(23)16-7-5-4-6-8-16/h4-8,11-14,17,26H,9-10H2,1-3H3. The van der Waals surface area contributed by atoms with Gasteiger partial charge in [-0.1, -0.05) is 18.2 Å². The molecule has 2 heterocycles. The second kappa shape index (κ2) is 7.81. The Bertz CT molecular complexity index is 1560. The molecule has 0 saturated heterocycles. The van der Waals surface area contributed by atoms with Crippen LogP contribution in [0.25, 0.3) is 16.7 Å². The third-order valence-corrected chi connectivity index (χ3v) is 6.08. The highest BCUT2D eigenvalue weighted by molar-refractivity contribution is 5.91. The van der Waals surface area contributed by atoms with E-state index in [1.54, 1.807) is 32.4 Å². The molecule has 1 aliphatic carbocycles. The lowest BCUT2D eigenvalue weighted by molar-refractivity contribution is 0.414. The smallest absolute Gasteiger partial charge is 0.337 e. The Morgan fingerprint density at radius 2 is 1.70 bits per heavy atom. The molecule has 2 aromatic heterocycles. The van der Waals surface area contributed by atoms with Crippen molar-refractivity contribution >= 4 is 22.4 Å². The maximum atomic E-state index is 13.6. The normalized spacial score (nSPS) is 13.3. The summed E-state index contributed by atoms with van der Waals surface area (Å²) in [4.78, 5) is 40.1. The molecule has 168 valence electrons. The highest BCUT2D eigenvalue weighted by atomic mass is 16.5. The van der Waals surface area contributed by atoms with Gasteiger partial charge in [0.15, 0.2) is 0 Å². The van der Waals surface area contributed by atoms with Gasteiger partial charge in [-0.2, -0.15) is 0 Å². The molecule has 0 amide bonds. The van der Waals surface area contributed by atoms with Crippen LogP contribution < -0.4 is 26.9 Å². The van der Waals surface area contributed by atoms with Crippen molar-refractivity contribution < 1.29 is 4.74 Å². The van der Waals surface area contributed by atoms with E-state index in [1.807, 2.05) is 37.3 Å². The molecule has 0 radical (unpaired) electrons. The summed E-state index contributed by atoms with van der Waals surface area (Å²) in [5.41, 5.74) is 1.68. The average Bonchev–Trinajstić information content (AvgIpc) is 3.64. The summed E-state index contributed by atoms with van der Waals surface area (Å²) in [6, 6.07) is 15.9. The van der Waals surface area contributed by atoms with Gasteiger partial charge in [-0.15, -0.1) is 0 Å². The summed E-state index contributed by atoms with van der Waals surface area (Å²) in [5, 5.41) is 3.56. The van der Waals surface area contributed by atoms with Crippen molar-refractivity contribution in [2.24, 2.45) is 7.05 Å².